The van der Waals surface area contributed by atoms with Gasteiger partial charge in [-0.3, -0.25) is 9.36 Å². The molecule has 0 radical (unpaired) electrons. The fourth-order valence-electron chi connectivity index (χ4n) is 5.38. The van der Waals surface area contributed by atoms with Crippen LogP contribution in [0.3, 0.4) is 0 Å². The van der Waals surface area contributed by atoms with Crippen molar-refractivity contribution in [1.82, 2.24) is 9.13 Å². The van der Waals surface area contributed by atoms with Gasteiger partial charge in [0.05, 0.1) is 47.7 Å². The van der Waals surface area contributed by atoms with E-state index in [1.54, 1.807) is 30.5 Å². The van der Waals surface area contributed by atoms with Crippen molar-refractivity contribution in [1.29, 1.82) is 0 Å². The van der Waals surface area contributed by atoms with E-state index < -0.39 is 18.0 Å². The van der Waals surface area contributed by atoms with Gasteiger partial charge in [0.15, 0.2) is 4.80 Å². The SMILES string of the molecule is CCOC(=O)C1=C(C)N=c2s/c(=C\c3cc(C)n(-c4cccc(C(=O)OC)c4)c3C)c(=O)n2[C@@H]1c1ccc(OCC)cc1. The predicted octanol–water partition coefficient (Wildman–Crippen LogP) is 4.39. The summed E-state index contributed by atoms with van der Waals surface area (Å²) >= 11 is 1.27. The summed E-state index contributed by atoms with van der Waals surface area (Å²) in [7, 11) is 1.35. The molecule has 1 atom stereocenters. The number of esters is 2. The maximum absolute atomic E-state index is 14.1. The van der Waals surface area contributed by atoms with Crippen molar-refractivity contribution in [2.75, 3.05) is 20.3 Å². The maximum atomic E-state index is 14.1. The van der Waals surface area contributed by atoms with Crippen molar-refractivity contribution in [3.05, 3.63) is 114 Å². The standard InChI is InChI=1S/C33H33N3O6S/c1-7-41-26-14-12-22(13-15-26)29-28(32(39)42-8-2)20(4)34-33-36(29)30(37)27(43-33)18-24-16-19(3)35(21(24)5)25-11-9-10-23(17-25)31(38)40-6/h9-18,29H,7-8H2,1-6H3/b27-18-/t29-/m1/s1. The quantitative estimate of drug-likeness (QED) is 0.279. The van der Waals surface area contributed by atoms with Crippen LogP contribution in [-0.2, 0) is 14.3 Å². The minimum atomic E-state index is -0.707. The lowest BCUT2D eigenvalue weighted by Gasteiger charge is -2.24. The van der Waals surface area contributed by atoms with Crippen molar-refractivity contribution < 1.29 is 23.8 Å². The highest BCUT2D eigenvalue weighted by Crippen LogP contribution is 2.32. The number of thiazole rings is 1. The molecule has 1 aliphatic heterocycles. The monoisotopic (exact) mass is 599 g/mol. The Kier molecular flexibility index (Phi) is 8.50. The van der Waals surface area contributed by atoms with Crippen LogP contribution in [-0.4, -0.2) is 41.4 Å². The highest BCUT2D eigenvalue weighted by atomic mass is 32.1. The first-order chi connectivity index (χ1) is 20.7. The number of ether oxygens (including phenoxy) is 3. The van der Waals surface area contributed by atoms with Crippen LogP contribution in [0.2, 0.25) is 0 Å². The Bertz CT molecular complexity index is 1930. The first-order valence-electron chi connectivity index (χ1n) is 14.0. The lowest BCUT2D eigenvalue weighted by molar-refractivity contribution is -0.139. The second-order valence-corrected chi connectivity index (χ2v) is 11.0. The average molecular weight is 600 g/mol. The zero-order valence-corrected chi connectivity index (χ0v) is 25.8. The van der Waals surface area contributed by atoms with E-state index in [1.165, 1.54) is 18.4 Å². The molecule has 43 heavy (non-hydrogen) atoms. The zero-order valence-electron chi connectivity index (χ0n) is 25.0. The highest BCUT2D eigenvalue weighted by molar-refractivity contribution is 7.07. The molecule has 10 heteroatoms. The van der Waals surface area contributed by atoms with Crippen LogP contribution in [0.1, 0.15) is 59.7 Å². The van der Waals surface area contributed by atoms with Gasteiger partial charge in [0.1, 0.15) is 5.75 Å². The molecule has 0 fully saturated rings. The molecule has 0 N–H and O–H groups in total. The third-order valence-corrected chi connectivity index (χ3v) is 8.29. The molecule has 3 heterocycles. The van der Waals surface area contributed by atoms with Gasteiger partial charge in [-0.2, -0.15) is 0 Å². The molecule has 222 valence electrons. The van der Waals surface area contributed by atoms with Gasteiger partial charge in [-0.15, -0.1) is 0 Å². The number of benzene rings is 2. The Morgan fingerprint density at radius 3 is 2.42 bits per heavy atom. The average Bonchev–Trinajstić information content (AvgIpc) is 3.45. The van der Waals surface area contributed by atoms with Crippen LogP contribution in [0.5, 0.6) is 5.75 Å². The summed E-state index contributed by atoms with van der Waals surface area (Å²) in [6, 6.07) is 15.9. The molecular weight excluding hydrogens is 566 g/mol. The number of carbonyl (C=O) groups excluding carboxylic acids is 2. The topological polar surface area (TPSA) is 101 Å². The van der Waals surface area contributed by atoms with Crippen LogP contribution in [0.4, 0.5) is 0 Å². The molecule has 2 aromatic carbocycles. The Balaban J connectivity index is 1.65. The second kappa shape index (κ2) is 12.3. The van der Waals surface area contributed by atoms with E-state index in [4.69, 9.17) is 14.2 Å². The Morgan fingerprint density at radius 1 is 1.00 bits per heavy atom. The predicted molar refractivity (Wildman–Crippen MR) is 165 cm³/mol. The van der Waals surface area contributed by atoms with Gasteiger partial charge in [-0.05, 0) is 88.2 Å². The number of rotatable bonds is 8. The Labute approximate surface area is 253 Å². The molecule has 0 saturated heterocycles. The van der Waals surface area contributed by atoms with Crippen LogP contribution in [0, 0.1) is 13.8 Å². The second-order valence-electron chi connectivity index (χ2n) is 10.0. The van der Waals surface area contributed by atoms with E-state index in [9.17, 15) is 14.4 Å². The highest BCUT2D eigenvalue weighted by Gasteiger charge is 2.33. The summed E-state index contributed by atoms with van der Waals surface area (Å²) in [6.45, 7) is 10.1. The molecule has 2 aromatic heterocycles. The van der Waals surface area contributed by atoms with E-state index in [-0.39, 0.29) is 12.2 Å². The van der Waals surface area contributed by atoms with Gasteiger partial charge >= 0.3 is 11.9 Å². The lowest BCUT2D eigenvalue weighted by atomic mass is 9.96. The number of carbonyl (C=O) groups is 2. The summed E-state index contributed by atoms with van der Waals surface area (Å²) in [5.74, 6) is -0.218. The molecule has 0 amide bonds. The summed E-state index contributed by atoms with van der Waals surface area (Å²) in [6.07, 6.45) is 1.85. The van der Waals surface area contributed by atoms with Crippen molar-refractivity contribution in [2.24, 2.45) is 4.99 Å². The fourth-order valence-corrected chi connectivity index (χ4v) is 6.42. The molecule has 4 aromatic rings. The van der Waals surface area contributed by atoms with E-state index in [2.05, 4.69) is 4.99 Å². The van der Waals surface area contributed by atoms with Crippen LogP contribution in [0.15, 0.2) is 75.7 Å². The molecule has 0 unspecified atom stereocenters. The van der Waals surface area contributed by atoms with Crippen LogP contribution >= 0.6 is 11.3 Å². The first-order valence-corrected chi connectivity index (χ1v) is 14.8. The number of allylic oxidation sites excluding steroid dienone is 1. The number of nitrogens with zero attached hydrogens (tertiary/aromatic N) is 3. The van der Waals surface area contributed by atoms with Crippen molar-refractivity contribution in [2.45, 2.75) is 40.7 Å². The van der Waals surface area contributed by atoms with Gasteiger partial charge < -0.3 is 18.8 Å². The molecule has 0 saturated carbocycles. The van der Waals surface area contributed by atoms with E-state index >= 15 is 0 Å². The van der Waals surface area contributed by atoms with Crippen molar-refractivity contribution >= 4 is 29.4 Å². The lowest BCUT2D eigenvalue weighted by Crippen LogP contribution is -2.39. The largest absolute Gasteiger partial charge is 0.494 e. The van der Waals surface area contributed by atoms with Gasteiger partial charge in [0.2, 0.25) is 0 Å². The minimum Gasteiger partial charge on any atom is -0.494 e. The van der Waals surface area contributed by atoms with Crippen LogP contribution < -0.4 is 19.6 Å². The summed E-state index contributed by atoms with van der Waals surface area (Å²) in [5.41, 5.74) is 5.27. The first kappa shape index (κ1) is 29.8. The number of methoxy groups -OCH3 is 1. The van der Waals surface area contributed by atoms with E-state index in [0.29, 0.717) is 38.5 Å². The van der Waals surface area contributed by atoms with Gasteiger partial charge in [-0.25, -0.2) is 14.6 Å². The third kappa shape index (κ3) is 5.58. The van der Waals surface area contributed by atoms with E-state index in [0.717, 1.165) is 28.2 Å². The number of hydrogen-bond donors (Lipinski definition) is 0. The molecular formula is C33H33N3O6S. The minimum absolute atomic E-state index is 0.203. The summed E-state index contributed by atoms with van der Waals surface area (Å²) in [4.78, 5) is 44.5. The van der Waals surface area contributed by atoms with Crippen LogP contribution in [0.25, 0.3) is 11.8 Å². The van der Waals surface area contributed by atoms with Gasteiger partial charge in [0.25, 0.3) is 5.56 Å². The maximum Gasteiger partial charge on any atom is 0.338 e. The van der Waals surface area contributed by atoms with Gasteiger partial charge in [0, 0.05) is 17.1 Å². The number of aryl methyl sites for hydroxylation is 1. The molecule has 0 spiro atoms. The fraction of sp³-hybridized carbons (Fsp3) is 0.273. The smallest absolute Gasteiger partial charge is 0.338 e. The molecule has 1 aliphatic rings. The van der Waals surface area contributed by atoms with Gasteiger partial charge in [-0.1, -0.05) is 29.5 Å². The number of hydrogen-bond acceptors (Lipinski definition) is 8. The Morgan fingerprint density at radius 2 is 1.74 bits per heavy atom. The molecule has 5 rings (SSSR count). The third-order valence-electron chi connectivity index (χ3n) is 7.31. The van der Waals surface area contributed by atoms with Crippen molar-refractivity contribution in [3.8, 4) is 11.4 Å². The summed E-state index contributed by atoms with van der Waals surface area (Å²) in [5, 5.41) is 0. The van der Waals surface area contributed by atoms with E-state index in [1.807, 2.05) is 73.9 Å². The van der Waals surface area contributed by atoms with Crippen molar-refractivity contribution in [3.63, 3.8) is 0 Å². The zero-order chi connectivity index (χ0) is 30.8. The molecule has 9 nitrogen and oxygen atoms in total. The number of fused-ring (bicyclic) bond motifs is 1. The molecule has 0 bridgehead atoms. The summed E-state index contributed by atoms with van der Waals surface area (Å²) < 4.78 is 20.0. The molecule has 0 aliphatic carbocycles. The number of aromatic nitrogens is 2. The Hall–Kier alpha value is -4.70. The normalized spacial score (nSPS) is 14.7.